The van der Waals surface area contributed by atoms with Crippen LogP contribution in [0.2, 0.25) is 5.02 Å². The van der Waals surface area contributed by atoms with Crippen LogP contribution >= 0.6 is 27.5 Å². The Labute approximate surface area is 137 Å². The number of phenols is 1. The van der Waals surface area contributed by atoms with Crippen molar-refractivity contribution in [1.29, 1.82) is 0 Å². The molecular weight excluding hydrogens is 356 g/mol. The molecule has 0 saturated heterocycles. The number of phenolic OH excluding ortho intramolecular Hbond substituents is 1. The zero-order valence-electron chi connectivity index (χ0n) is 11.7. The molecule has 0 saturated carbocycles. The quantitative estimate of drug-likeness (QED) is 0.630. The van der Waals surface area contributed by atoms with Crippen molar-refractivity contribution in [2.45, 2.75) is 13.5 Å². The number of aromatic hydroxyl groups is 1. The molecule has 0 radical (unpaired) electrons. The van der Waals surface area contributed by atoms with Gasteiger partial charge in [0, 0.05) is 23.2 Å². The molecule has 0 aliphatic carbocycles. The molecule has 0 amide bonds. The highest BCUT2D eigenvalue weighted by Gasteiger charge is 2.12. The minimum Gasteiger partial charge on any atom is -0.508 e. The minimum atomic E-state index is 0.149. The number of nitrogens with two attached hydrogens (primary N) is 1. The topological polar surface area (TPSA) is 58.7 Å². The zero-order chi connectivity index (χ0) is 15.6. The summed E-state index contributed by atoms with van der Waals surface area (Å²) >= 11 is 9.58. The average molecular weight is 372 g/mol. The van der Waals surface area contributed by atoms with Crippen molar-refractivity contribution in [1.82, 2.24) is 0 Å². The third kappa shape index (κ3) is 3.61. The van der Waals surface area contributed by atoms with Crippen molar-refractivity contribution in [2.75, 3.05) is 12.1 Å². The Balaban J connectivity index is 2.27. The number of hydrazine groups is 1. The normalized spacial score (nSPS) is 10.5. The van der Waals surface area contributed by atoms with E-state index in [4.69, 9.17) is 22.2 Å². The van der Waals surface area contributed by atoms with Crippen LogP contribution in [0.3, 0.4) is 0 Å². The Kier molecular flexibility index (Phi) is 4.98. The molecule has 3 N–H and O–H groups in total. The van der Waals surface area contributed by atoms with Crippen LogP contribution in [0.1, 0.15) is 11.1 Å². The molecule has 0 atom stereocenters. The van der Waals surface area contributed by atoms with Crippen LogP contribution in [0.4, 0.5) is 5.69 Å². The maximum Gasteiger partial charge on any atom is 0.138 e. The van der Waals surface area contributed by atoms with Gasteiger partial charge in [-0.2, -0.15) is 0 Å². The second kappa shape index (κ2) is 6.56. The smallest absolute Gasteiger partial charge is 0.138 e. The first-order chi connectivity index (χ1) is 9.90. The maximum absolute atomic E-state index is 9.60. The zero-order valence-corrected chi connectivity index (χ0v) is 14.1. The van der Waals surface area contributed by atoms with E-state index >= 15 is 0 Å². The molecule has 0 heterocycles. The number of benzene rings is 2. The first-order valence-corrected chi connectivity index (χ1v) is 7.45. The largest absolute Gasteiger partial charge is 0.508 e. The Morgan fingerprint density at radius 3 is 2.76 bits per heavy atom. The number of anilines is 1. The predicted octanol–water partition coefficient (Wildman–Crippen LogP) is 4.01. The summed E-state index contributed by atoms with van der Waals surface area (Å²) < 4.78 is 6.68. The Bertz CT molecular complexity index is 662. The van der Waals surface area contributed by atoms with E-state index in [-0.39, 0.29) is 5.75 Å². The van der Waals surface area contributed by atoms with Gasteiger partial charge in [0.25, 0.3) is 0 Å². The highest BCUT2D eigenvalue weighted by molar-refractivity contribution is 9.10. The molecule has 2 aromatic rings. The van der Waals surface area contributed by atoms with Gasteiger partial charge in [0.15, 0.2) is 0 Å². The monoisotopic (exact) mass is 370 g/mol. The van der Waals surface area contributed by atoms with E-state index < -0.39 is 0 Å². The van der Waals surface area contributed by atoms with E-state index in [1.165, 1.54) is 11.1 Å². The summed E-state index contributed by atoms with van der Waals surface area (Å²) in [7, 11) is 1.77. The molecular formula is C15H16BrClN2O2. The highest BCUT2D eigenvalue weighted by Crippen LogP contribution is 2.33. The van der Waals surface area contributed by atoms with Gasteiger partial charge in [-0.05, 0) is 30.7 Å². The predicted molar refractivity (Wildman–Crippen MR) is 88.9 cm³/mol. The molecule has 2 aromatic carbocycles. The van der Waals surface area contributed by atoms with E-state index in [9.17, 15) is 5.11 Å². The van der Waals surface area contributed by atoms with Gasteiger partial charge in [0.2, 0.25) is 0 Å². The summed E-state index contributed by atoms with van der Waals surface area (Å²) in [4.78, 5) is 0. The Morgan fingerprint density at radius 2 is 2.10 bits per heavy atom. The lowest BCUT2D eigenvalue weighted by Crippen LogP contribution is -2.26. The molecule has 0 aliphatic rings. The molecule has 0 fully saturated rings. The summed E-state index contributed by atoms with van der Waals surface area (Å²) in [5.74, 6) is 6.49. The molecule has 0 spiro atoms. The SMILES string of the molecule is Cc1cc(OCc2c(Br)cccc2N(C)N)c(Cl)cc1O. The van der Waals surface area contributed by atoms with Gasteiger partial charge in [-0.1, -0.05) is 33.6 Å². The summed E-state index contributed by atoms with van der Waals surface area (Å²) in [6, 6.07) is 8.93. The molecule has 0 aliphatic heterocycles. The number of halogens is 2. The van der Waals surface area contributed by atoms with E-state index in [2.05, 4.69) is 15.9 Å². The van der Waals surface area contributed by atoms with E-state index in [1.54, 1.807) is 20.0 Å². The average Bonchev–Trinajstić information content (AvgIpc) is 2.42. The van der Waals surface area contributed by atoms with E-state index in [0.717, 1.165) is 15.7 Å². The maximum atomic E-state index is 9.60. The number of nitrogens with zero attached hydrogens (tertiary/aromatic N) is 1. The summed E-state index contributed by atoms with van der Waals surface area (Å²) in [5, 5.41) is 11.5. The highest BCUT2D eigenvalue weighted by atomic mass is 79.9. The van der Waals surface area contributed by atoms with Crippen LogP contribution < -0.4 is 15.6 Å². The molecule has 2 rings (SSSR count). The summed E-state index contributed by atoms with van der Waals surface area (Å²) in [6.07, 6.45) is 0. The van der Waals surface area contributed by atoms with Crippen LogP contribution in [-0.4, -0.2) is 12.2 Å². The van der Waals surface area contributed by atoms with Crippen LogP contribution in [0.25, 0.3) is 0 Å². The van der Waals surface area contributed by atoms with Gasteiger partial charge < -0.3 is 14.9 Å². The van der Waals surface area contributed by atoms with Gasteiger partial charge in [-0.15, -0.1) is 0 Å². The number of ether oxygens (including phenoxy) is 1. The first-order valence-electron chi connectivity index (χ1n) is 6.28. The van der Waals surface area contributed by atoms with Crippen molar-refractivity contribution in [3.05, 3.63) is 51.0 Å². The fourth-order valence-electron chi connectivity index (χ4n) is 1.93. The van der Waals surface area contributed by atoms with Crippen LogP contribution in [-0.2, 0) is 6.61 Å². The lowest BCUT2D eigenvalue weighted by Gasteiger charge is -2.19. The van der Waals surface area contributed by atoms with Crippen molar-refractivity contribution in [2.24, 2.45) is 5.84 Å². The molecule has 0 aromatic heterocycles. The number of rotatable bonds is 4. The van der Waals surface area contributed by atoms with Crippen molar-refractivity contribution < 1.29 is 9.84 Å². The van der Waals surface area contributed by atoms with Gasteiger partial charge in [0.1, 0.15) is 18.1 Å². The lowest BCUT2D eigenvalue weighted by molar-refractivity contribution is 0.305. The lowest BCUT2D eigenvalue weighted by atomic mass is 10.2. The van der Waals surface area contributed by atoms with Crippen LogP contribution in [0.15, 0.2) is 34.8 Å². The number of hydrogen-bond donors (Lipinski definition) is 2. The Hall–Kier alpha value is -1.43. The van der Waals surface area contributed by atoms with Crippen molar-refractivity contribution in [3.63, 3.8) is 0 Å². The fourth-order valence-corrected chi connectivity index (χ4v) is 2.61. The Morgan fingerprint density at radius 1 is 1.38 bits per heavy atom. The van der Waals surface area contributed by atoms with E-state index in [0.29, 0.717) is 22.9 Å². The molecule has 112 valence electrons. The molecule has 0 bridgehead atoms. The number of hydrogen-bond acceptors (Lipinski definition) is 4. The minimum absolute atomic E-state index is 0.149. The summed E-state index contributed by atoms with van der Waals surface area (Å²) in [6.45, 7) is 2.10. The second-order valence-electron chi connectivity index (χ2n) is 4.71. The van der Waals surface area contributed by atoms with Gasteiger partial charge >= 0.3 is 0 Å². The third-order valence-corrected chi connectivity index (χ3v) is 4.13. The standard InChI is InChI=1S/C15H16BrClN2O2/c1-9-6-15(12(17)7-14(9)20)21-8-10-11(16)4-3-5-13(10)19(2)18/h3-7,20H,8,18H2,1-2H3. The number of aryl methyl sites for hydroxylation is 1. The second-order valence-corrected chi connectivity index (χ2v) is 5.97. The van der Waals surface area contributed by atoms with Crippen LogP contribution in [0.5, 0.6) is 11.5 Å². The van der Waals surface area contributed by atoms with Crippen molar-refractivity contribution in [3.8, 4) is 11.5 Å². The van der Waals surface area contributed by atoms with Crippen LogP contribution in [0, 0.1) is 6.92 Å². The third-order valence-electron chi connectivity index (χ3n) is 3.10. The summed E-state index contributed by atoms with van der Waals surface area (Å²) in [5.41, 5.74) is 2.48. The fraction of sp³-hybridized carbons (Fsp3) is 0.200. The van der Waals surface area contributed by atoms with Crippen molar-refractivity contribution >= 4 is 33.2 Å². The molecule has 6 heteroatoms. The van der Waals surface area contributed by atoms with E-state index in [1.807, 2.05) is 18.2 Å². The molecule has 0 unspecified atom stereocenters. The van der Waals surface area contributed by atoms with Gasteiger partial charge in [-0.3, -0.25) is 0 Å². The molecule has 21 heavy (non-hydrogen) atoms. The van der Waals surface area contributed by atoms with Gasteiger partial charge in [-0.25, -0.2) is 5.84 Å². The molecule has 4 nitrogen and oxygen atoms in total. The first kappa shape index (κ1) is 15.9. The van der Waals surface area contributed by atoms with Gasteiger partial charge in [0.05, 0.1) is 10.7 Å².